The van der Waals surface area contributed by atoms with E-state index in [0.717, 1.165) is 25.9 Å². The normalized spacial score (nSPS) is 18.3. The van der Waals surface area contributed by atoms with Crippen molar-refractivity contribution >= 4 is 23.3 Å². The van der Waals surface area contributed by atoms with E-state index in [1.807, 2.05) is 0 Å². The molecule has 1 aromatic rings. The molecular weight excluding hydrogens is 266 g/mol. The van der Waals surface area contributed by atoms with Crippen LogP contribution in [0.5, 0.6) is 0 Å². The fourth-order valence-electron chi connectivity index (χ4n) is 2.07. The molecule has 0 spiro atoms. The second kappa shape index (κ2) is 6.73. The van der Waals surface area contributed by atoms with Crippen LogP contribution in [0.25, 0.3) is 0 Å². The van der Waals surface area contributed by atoms with Gasteiger partial charge in [-0.15, -0.1) is 0 Å². The Morgan fingerprint density at radius 1 is 1.63 bits per heavy atom. The number of anilines is 1. The van der Waals surface area contributed by atoms with Crippen LogP contribution in [0.3, 0.4) is 0 Å². The van der Waals surface area contributed by atoms with Crippen LogP contribution < -0.4 is 10.6 Å². The maximum atomic E-state index is 11.9. The molecule has 2 rings (SSSR count). The average molecular weight is 284 g/mol. The molecule has 1 aliphatic heterocycles. The fraction of sp³-hybridized carbons (Fsp3) is 0.538. The molecule has 0 aliphatic carbocycles. The molecule has 0 saturated carbocycles. The molecule has 1 saturated heterocycles. The number of hydrogen-bond acceptors (Lipinski definition) is 4. The predicted octanol–water partition coefficient (Wildman–Crippen LogP) is 2.08. The number of rotatable bonds is 5. The molecule has 1 unspecified atom stereocenters. The molecule has 1 amide bonds. The zero-order valence-corrected chi connectivity index (χ0v) is 11.7. The van der Waals surface area contributed by atoms with E-state index in [1.54, 1.807) is 13.1 Å². The van der Waals surface area contributed by atoms with Crippen LogP contribution in [-0.2, 0) is 4.74 Å². The maximum Gasteiger partial charge on any atom is 0.252 e. The van der Waals surface area contributed by atoms with Gasteiger partial charge in [0.1, 0.15) is 5.82 Å². The van der Waals surface area contributed by atoms with Crippen molar-refractivity contribution in [2.75, 3.05) is 25.5 Å². The quantitative estimate of drug-likeness (QED) is 0.868. The lowest BCUT2D eigenvalue weighted by atomic mass is 10.2. The molecule has 1 aromatic heterocycles. The van der Waals surface area contributed by atoms with Crippen molar-refractivity contribution in [3.8, 4) is 0 Å². The molecule has 0 aromatic carbocycles. The number of carbonyl (C=O) groups excluding carboxylic acids is 1. The summed E-state index contributed by atoms with van der Waals surface area (Å²) in [6.07, 6.45) is 4.85. The van der Waals surface area contributed by atoms with Crippen LogP contribution in [0.15, 0.2) is 12.3 Å². The van der Waals surface area contributed by atoms with E-state index in [-0.39, 0.29) is 12.0 Å². The summed E-state index contributed by atoms with van der Waals surface area (Å²) in [5.41, 5.74) is 0.469. The molecule has 19 heavy (non-hydrogen) atoms. The molecule has 1 aliphatic rings. The maximum absolute atomic E-state index is 11.9. The number of carbonyl (C=O) groups is 1. The number of amides is 1. The van der Waals surface area contributed by atoms with Crippen LogP contribution in [0.2, 0.25) is 5.02 Å². The van der Waals surface area contributed by atoms with Crippen molar-refractivity contribution in [1.82, 2.24) is 10.3 Å². The number of nitrogens with one attached hydrogen (secondary N) is 2. The number of halogens is 1. The van der Waals surface area contributed by atoms with E-state index in [9.17, 15) is 4.79 Å². The lowest BCUT2D eigenvalue weighted by molar-refractivity contribution is 0.0907. The third-order valence-corrected chi connectivity index (χ3v) is 3.40. The van der Waals surface area contributed by atoms with Gasteiger partial charge in [-0.05, 0) is 25.3 Å². The molecule has 2 N–H and O–H groups in total. The van der Waals surface area contributed by atoms with Gasteiger partial charge in [0.25, 0.3) is 5.91 Å². The summed E-state index contributed by atoms with van der Waals surface area (Å²) in [4.78, 5) is 16.0. The van der Waals surface area contributed by atoms with Gasteiger partial charge in [-0.1, -0.05) is 11.6 Å². The highest BCUT2D eigenvalue weighted by atomic mass is 35.5. The lowest BCUT2D eigenvalue weighted by Crippen LogP contribution is -2.27. The molecule has 2 heterocycles. The van der Waals surface area contributed by atoms with Crippen LogP contribution in [0.4, 0.5) is 5.82 Å². The highest BCUT2D eigenvalue weighted by Crippen LogP contribution is 2.19. The van der Waals surface area contributed by atoms with Crippen LogP contribution >= 0.6 is 11.6 Å². The Hall–Kier alpha value is -1.33. The monoisotopic (exact) mass is 283 g/mol. The van der Waals surface area contributed by atoms with Crippen molar-refractivity contribution in [1.29, 1.82) is 0 Å². The first kappa shape index (κ1) is 14.1. The summed E-state index contributed by atoms with van der Waals surface area (Å²) in [5.74, 6) is 0.410. The van der Waals surface area contributed by atoms with Gasteiger partial charge in [0.2, 0.25) is 0 Å². The Bertz CT molecular complexity index is 448. The van der Waals surface area contributed by atoms with Crippen molar-refractivity contribution in [2.45, 2.75) is 25.4 Å². The third-order valence-electron chi connectivity index (χ3n) is 3.12. The molecule has 1 fully saturated rings. The fourth-order valence-corrected chi connectivity index (χ4v) is 2.33. The van der Waals surface area contributed by atoms with Gasteiger partial charge in [-0.2, -0.15) is 0 Å². The van der Waals surface area contributed by atoms with Crippen LogP contribution in [0.1, 0.15) is 29.6 Å². The van der Waals surface area contributed by atoms with Crippen molar-refractivity contribution in [3.63, 3.8) is 0 Å². The van der Waals surface area contributed by atoms with Gasteiger partial charge >= 0.3 is 0 Å². The van der Waals surface area contributed by atoms with Gasteiger partial charge in [0.15, 0.2) is 0 Å². The minimum atomic E-state index is -0.157. The molecular formula is C13H18ClN3O2. The zero-order chi connectivity index (χ0) is 13.7. The summed E-state index contributed by atoms with van der Waals surface area (Å²) in [6.45, 7) is 1.44. The largest absolute Gasteiger partial charge is 0.378 e. The molecule has 1 atom stereocenters. The van der Waals surface area contributed by atoms with Crippen molar-refractivity contribution < 1.29 is 9.53 Å². The average Bonchev–Trinajstić information content (AvgIpc) is 2.91. The minimum Gasteiger partial charge on any atom is -0.378 e. The van der Waals surface area contributed by atoms with Gasteiger partial charge in [0, 0.05) is 26.4 Å². The first-order valence-corrected chi connectivity index (χ1v) is 6.81. The highest BCUT2D eigenvalue weighted by molar-refractivity contribution is 6.33. The highest BCUT2D eigenvalue weighted by Gasteiger charge is 2.15. The Kier molecular flexibility index (Phi) is 4.99. The summed E-state index contributed by atoms with van der Waals surface area (Å²) in [6, 6.07) is 1.61. The first-order chi connectivity index (χ1) is 9.20. The summed E-state index contributed by atoms with van der Waals surface area (Å²) in [5, 5.41) is 6.14. The second-order valence-electron chi connectivity index (χ2n) is 4.48. The number of hydrogen-bond donors (Lipinski definition) is 2. The smallest absolute Gasteiger partial charge is 0.252 e. The number of pyridine rings is 1. The Morgan fingerprint density at radius 3 is 3.11 bits per heavy atom. The topological polar surface area (TPSA) is 63.2 Å². The van der Waals surface area contributed by atoms with Gasteiger partial charge < -0.3 is 15.4 Å². The SMILES string of the molecule is CNc1ncc(C(=O)NCCC2CCCO2)cc1Cl. The van der Waals surface area contributed by atoms with Crippen molar-refractivity contribution in [2.24, 2.45) is 0 Å². The lowest BCUT2D eigenvalue weighted by Gasteiger charge is -2.10. The van der Waals surface area contributed by atoms with Crippen molar-refractivity contribution in [3.05, 3.63) is 22.8 Å². The minimum absolute atomic E-state index is 0.157. The van der Waals surface area contributed by atoms with Gasteiger partial charge in [-0.25, -0.2) is 4.98 Å². The molecule has 5 nitrogen and oxygen atoms in total. The standard InChI is InChI=1S/C13H18ClN3O2/c1-15-12-11(14)7-9(8-17-12)13(18)16-5-4-10-3-2-6-19-10/h7-8,10H,2-6H2,1H3,(H,15,17)(H,16,18). The van der Waals surface area contributed by atoms with Gasteiger partial charge in [-0.3, -0.25) is 4.79 Å². The van der Waals surface area contributed by atoms with E-state index in [1.165, 1.54) is 6.20 Å². The Balaban J connectivity index is 1.83. The number of ether oxygens (including phenoxy) is 1. The van der Waals surface area contributed by atoms with E-state index < -0.39 is 0 Å². The zero-order valence-electron chi connectivity index (χ0n) is 10.9. The predicted molar refractivity (Wildman–Crippen MR) is 74.7 cm³/mol. The molecule has 6 heteroatoms. The van der Waals surface area contributed by atoms with Crippen LogP contribution in [-0.4, -0.2) is 37.2 Å². The summed E-state index contributed by atoms with van der Waals surface area (Å²) >= 11 is 5.99. The van der Waals surface area contributed by atoms with Gasteiger partial charge in [0.05, 0.1) is 16.7 Å². The summed E-state index contributed by atoms with van der Waals surface area (Å²) in [7, 11) is 1.73. The number of aromatic nitrogens is 1. The third kappa shape index (κ3) is 3.81. The van der Waals surface area contributed by atoms with E-state index in [2.05, 4.69) is 15.6 Å². The van der Waals surface area contributed by atoms with E-state index in [0.29, 0.717) is 22.9 Å². The van der Waals surface area contributed by atoms with Crippen LogP contribution in [0, 0.1) is 0 Å². The molecule has 0 bridgehead atoms. The Labute approximate surface area is 117 Å². The van der Waals surface area contributed by atoms with E-state index >= 15 is 0 Å². The summed E-state index contributed by atoms with van der Waals surface area (Å²) < 4.78 is 5.50. The second-order valence-corrected chi connectivity index (χ2v) is 4.89. The Morgan fingerprint density at radius 2 is 2.47 bits per heavy atom. The molecule has 104 valence electrons. The number of nitrogens with zero attached hydrogens (tertiary/aromatic N) is 1. The molecule has 0 radical (unpaired) electrons. The first-order valence-electron chi connectivity index (χ1n) is 6.44. The van der Waals surface area contributed by atoms with E-state index in [4.69, 9.17) is 16.3 Å².